The van der Waals surface area contributed by atoms with Crippen molar-refractivity contribution < 1.29 is 9.59 Å². The van der Waals surface area contributed by atoms with Crippen molar-refractivity contribution in [2.75, 3.05) is 6.54 Å². The second-order valence-corrected chi connectivity index (χ2v) is 7.63. The first-order valence-corrected chi connectivity index (χ1v) is 9.66. The van der Waals surface area contributed by atoms with E-state index in [0.717, 1.165) is 50.3 Å². The van der Waals surface area contributed by atoms with Gasteiger partial charge in [0.1, 0.15) is 11.6 Å². The number of carbonyl (C=O) groups excluding carboxylic acids is 2. The van der Waals surface area contributed by atoms with Crippen molar-refractivity contribution in [1.82, 2.24) is 25.0 Å². The van der Waals surface area contributed by atoms with E-state index in [1.807, 2.05) is 4.90 Å². The van der Waals surface area contributed by atoms with Crippen molar-refractivity contribution >= 4 is 11.8 Å². The predicted octanol–water partition coefficient (Wildman–Crippen LogP) is 1.06. The third-order valence-electron chi connectivity index (χ3n) is 5.98. The molecule has 3 aliphatic rings. The Morgan fingerprint density at radius 2 is 2.00 bits per heavy atom. The summed E-state index contributed by atoms with van der Waals surface area (Å²) in [7, 11) is 0. The molecule has 2 atom stereocenters. The third-order valence-corrected chi connectivity index (χ3v) is 5.98. The predicted molar refractivity (Wildman–Crippen MR) is 91.7 cm³/mol. The molecule has 1 saturated heterocycles. The Hall–Kier alpha value is -1.92. The topological polar surface area (TPSA) is 80.1 Å². The molecule has 7 heteroatoms. The van der Waals surface area contributed by atoms with Crippen molar-refractivity contribution in [3.63, 3.8) is 0 Å². The lowest BCUT2D eigenvalue weighted by atomic mass is 10.0. The molecule has 0 aromatic carbocycles. The van der Waals surface area contributed by atoms with Gasteiger partial charge in [-0.15, -0.1) is 10.2 Å². The van der Waals surface area contributed by atoms with E-state index in [0.29, 0.717) is 19.0 Å². The van der Waals surface area contributed by atoms with E-state index in [4.69, 9.17) is 0 Å². The maximum atomic E-state index is 12.7. The largest absolute Gasteiger partial charge is 0.351 e. The summed E-state index contributed by atoms with van der Waals surface area (Å²) < 4.78 is 2.14. The fraction of sp³-hybridized carbons (Fsp3) is 0.778. The first-order valence-electron chi connectivity index (χ1n) is 9.66. The molecular formula is C18H27N5O2. The fourth-order valence-corrected chi connectivity index (χ4v) is 4.56. The number of likely N-dealkylation sites (tertiary alicyclic amines) is 1. The molecule has 2 amide bonds. The van der Waals surface area contributed by atoms with Crippen LogP contribution in [0.4, 0.5) is 0 Å². The van der Waals surface area contributed by atoms with Crippen molar-refractivity contribution in [2.45, 2.75) is 76.9 Å². The van der Waals surface area contributed by atoms with E-state index in [9.17, 15) is 9.59 Å². The number of hydrogen-bond acceptors (Lipinski definition) is 4. The van der Waals surface area contributed by atoms with Crippen LogP contribution in [0.25, 0.3) is 0 Å². The summed E-state index contributed by atoms with van der Waals surface area (Å²) in [5.41, 5.74) is 0. The number of carbonyl (C=O) groups is 2. The van der Waals surface area contributed by atoms with Crippen LogP contribution in [0.15, 0.2) is 0 Å². The average molecular weight is 345 g/mol. The quantitative estimate of drug-likeness (QED) is 0.885. The van der Waals surface area contributed by atoms with E-state index in [2.05, 4.69) is 27.0 Å². The maximum Gasteiger partial charge on any atom is 0.225 e. The minimum absolute atomic E-state index is 0.0356. The normalized spacial score (nSPS) is 26.9. The monoisotopic (exact) mass is 345 g/mol. The first kappa shape index (κ1) is 16.5. The van der Waals surface area contributed by atoms with Gasteiger partial charge in [-0.05, 0) is 19.3 Å². The number of nitrogens with one attached hydrogen (secondary N) is 1. The molecule has 1 saturated carbocycles. The molecule has 0 unspecified atom stereocenters. The van der Waals surface area contributed by atoms with E-state index >= 15 is 0 Å². The molecular weight excluding hydrogens is 318 g/mol. The van der Waals surface area contributed by atoms with E-state index in [1.165, 1.54) is 12.8 Å². The van der Waals surface area contributed by atoms with E-state index in [1.54, 1.807) is 0 Å². The Kier molecular flexibility index (Phi) is 4.48. The van der Waals surface area contributed by atoms with Gasteiger partial charge in [-0.1, -0.05) is 19.8 Å². The van der Waals surface area contributed by atoms with Crippen LogP contribution in [0, 0.1) is 5.92 Å². The van der Waals surface area contributed by atoms with Gasteiger partial charge in [0.2, 0.25) is 11.8 Å². The minimum atomic E-state index is -0.193. The highest BCUT2D eigenvalue weighted by Gasteiger charge is 2.39. The van der Waals surface area contributed by atoms with Crippen LogP contribution in [-0.4, -0.2) is 50.1 Å². The zero-order valence-corrected chi connectivity index (χ0v) is 14.9. The molecule has 2 aliphatic heterocycles. The SMILES string of the molecule is CCc1nnc2n1C[C@H](NC(=O)[C@H]1CC(=O)N(C3CCCC3)C1)CC2. The van der Waals surface area contributed by atoms with E-state index in [-0.39, 0.29) is 23.8 Å². The van der Waals surface area contributed by atoms with Crippen molar-refractivity contribution in [3.05, 3.63) is 11.6 Å². The van der Waals surface area contributed by atoms with Gasteiger partial charge in [0.25, 0.3) is 0 Å². The van der Waals surface area contributed by atoms with Crippen molar-refractivity contribution in [2.24, 2.45) is 5.92 Å². The number of hydrogen-bond donors (Lipinski definition) is 1. The van der Waals surface area contributed by atoms with Crippen LogP contribution >= 0.6 is 0 Å². The molecule has 2 fully saturated rings. The van der Waals surface area contributed by atoms with Gasteiger partial charge < -0.3 is 14.8 Å². The Bertz CT molecular complexity index is 651. The lowest BCUT2D eigenvalue weighted by Crippen LogP contribution is -2.44. The zero-order chi connectivity index (χ0) is 17.4. The van der Waals surface area contributed by atoms with Crippen molar-refractivity contribution in [3.8, 4) is 0 Å². The summed E-state index contributed by atoms with van der Waals surface area (Å²) in [6, 6.07) is 0.476. The highest BCUT2D eigenvalue weighted by atomic mass is 16.2. The summed E-state index contributed by atoms with van der Waals surface area (Å²) in [6.45, 7) is 3.41. The molecule has 0 spiro atoms. The minimum Gasteiger partial charge on any atom is -0.351 e. The summed E-state index contributed by atoms with van der Waals surface area (Å²) in [5, 5.41) is 11.6. The summed E-state index contributed by atoms with van der Waals surface area (Å²) in [5.74, 6) is 2.00. The number of amides is 2. The number of nitrogens with zero attached hydrogens (tertiary/aromatic N) is 4. The Morgan fingerprint density at radius 3 is 2.76 bits per heavy atom. The van der Waals surface area contributed by atoms with Gasteiger partial charge in [-0.3, -0.25) is 9.59 Å². The molecule has 4 rings (SSSR count). The average Bonchev–Trinajstić information content (AvgIpc) is 3.33. The fourth-order valence-electron chi connectivity index (χ4n) is 4.56. The molecule has 25 heavy (non-hydrogen) atoms. The number of aryl methyl sites for hydroxylation is 2. The number of aromatic nitrogens is 3. The Balaban J connectivity index is 1.35. The van der Waals surface area contributed by atoms with Crippen LogP contribution in [0.1, 0.15) is 57.1 Å². The molecule has 1 aromatic heterocycles. The summed E-state index contributed by atoms with van der Waals surface area (Å²) >= 11 is 0. The van der Waals surface area contributed by atoms with Gasteiger partial charge in [0, 0.05) is 44.4 Å². The van der Waals surface area contributed by atoms with Crippen LogP contribution in [0.5, 0.6) is 0 Å². The second kappa shape index (κ2) is 6.77. The summed E-state index contributed by atoms with van der Waals surface area (Å²) in [6.07, 6.45) is 7.55. The lowest BCUT2D eigenvalue weighted by molar-refractivity contribution is -0.130. The van der Waals surface area contributed by atoms with Gasteiger partial charge in [0.15, 0.2) is 0 Å². The smallest absolute Gasteiger partial charge is 0.225 e. The highest BCUT2D eigenvalue weighted by molar-refractivity contribution is 5.89. The first-order chi connectivity index (χ1) is 12.2. The summed E-state index contributed by atoms with van der Waals surface area (Å²) in [4.78, 5) is 27.0. The Labute approximate surface area is 148 Å². The van der Waals surface area contributed by atoms with Crippen LogP contribution in [0.2, 0.25) is 0 Å². The van der Waals surface area contributed by atoms with Crippen molar-refractivity contribution in [1.29, 1.82) is 0 Å². The van der Waals surface area contributed by atoms with E-state index < -0.39 is 0 Å². The molecule has 1 aliphatic carbocycles. The molecule has 0 bridgehead atoms. The van der Waals surface area contributed by atoms with Gasteiger partial charge in [-0.25, -0.2) is 0 Å². The van der Waals surface area contributed by atoms with Crippen LogP contribution < -0.4 is 5.32 Å². The zero-order valence-electron chi connectivity index (χ0n) is 14.9. The standard InChI is InChI=1S/C18H27N5O2/c1-2-15-20-21-16-8-7-13(11-23(15)16)19-18(25)12-9-17(24)22(10-12)14-5-3-4-6-14/h12-14H,2-11H2,1H3,(H,19,25)/t12-,13+/m0/s1. The number of rotatable bonds is 4. The van der Waals surface area contributed by atoms with Crippen LogP contribution in [-0.2, 0) is 29.0 Å². The third kappa shape index (κ3) is 3.16. The highest BCUT2D eigenvalue weighted by Crippen LogP contribution is 2.29. The van der Waals surface area contributed by atoms with Gasteiger partial charge in [-0.2, -0.15) is 0 Å². The molecule has 3 heterocycles. The lowest BCUT2D eigenvalue weighted by Gasteiger charge is -2.27. The van der Waals surface area contributed by atoms with Gasteiger partial charge >= 0.3 is 0 Å². The molecule has 7 nitrogen and oxygen atoms in total. The molecule has 0 radical (unpaired) electrons. The number of fused-ring (bicyclic) bond motifs is 1. The van der Waals surface area contributed by atoms with Gasteiger partial charge in [0.05, 0.1) is 5.92 Å². The second-order valence-electron chi connectivity index (χ2n) is 7.63. The van der Waals surface area contributed by atoms with Crippen LogP contribution in [0.3, 0.4) is 0 Å². The molecule has 1 aromatic rings. The maximum absolute atomic E-state index is 12.7. The molecule has 1 N–H and O–H groups in total. The Morgan fingerprint density at radius 1 is 1.20 bits per heavy atom. The molecule has 136 valence electrons.